The molecule has 2 rings (SSSR count). The van der Waals surface area contributed by atoms with Gasteiger partial charge in [0, 0.05) is 16.9 Å². The zero-order chi connectivity index (χ0) is 13.0. The molecular formula is C13H12ClN3S. The molecule has 0 radical (unpaired) electrons. The molecule has 0 bridgehead atoms. The third kappa shape index (κ3) is 3.18. The van der Waals surface area contributed by atoms with Gasteiger partial charge in [-0.3, -0.25) is 4.98 Å². The average molecular weight is 278 g/mol. The smallest absolute Gasteiger partial charge is 0.175 e. The normalized spacial score (nSPS) is 9.89. The summed E-state index contributed by atoms with van der Waals surface area (Å²) in [5, 5.41) is 7.38. The highest BCUT2D eigenvalue weighted by molar-refractivity contribution is 7.80. The van der Waals surface area contributed by atoms with Crippen LogP contribution in [-0.4, -0.2) is 10.1 Å². The molecule has 3 nitrogen and oxygen atoms in total. The van der Waals surface area contributed by atoms with Gasteiger partial charge in [0.2, 0.25) is 0 Å². The van der Waals surface area contributed by atoms with Gasteiger partial charge in [0.1, 0.15) is 0 Å². The number of nitrogens with one attached hydrogen (secondary N) is 2. The SMILES string of the molecule is Cc1c(Cl)cccc1NC(=S)Nc1cccnc1. The summed E-state index contributed by atoms with van der Waals surface area (Å²) in [4.78, 5) is 4.01. The first-order valence-electron chi connectivity index (χ1n) is 5.40. The molecule has 1 aromatic carbocycles. The summed E-state index contributed by atoms with van der Waals surface area (Å²) >= 11 is 11.3. The van der Waals surface area contributed by atoms with E-state index in [1.165, 1.54) is 0 Å². The standard InChI is InChI=1S/C13H12ClN3S/c1-9-11(14)5-2-6-12(9)17-13(18)16-10-4-3-7-15-8-10/h2-8H,1H3,(H2,16,17,18). The summed E-state index contributed by atoms with van der Waals surface area (Å²) in [6.45, 7) is 1.94. The van der Waals surface area contributed by atoms with E-state index in [4.69, 9.17) is 23.8 Å². The van der Waals surface area contributed by atoms with Crippen LogP contribution in [-0.2, 0) is 0 Å². The van der Waals surface area contributed by atoms with E-state index in [0.29, 0.717) is 10.1 Å². The molecule has 0 saturated carbocycles. The molecule has 0 fully saturated rings. The number of rotatable bonds is 2. The van der Waals surface area contributed by atoms with Crippen LogP contribution in [0.2, 0.25) is 5.02 Å². The molecule has 0 aliphatic heterocycles. The van der Waals surface area contributed by atoms with Crippen LogP contribution in [0.3, 0.4) is 0 Å². The number of hydrogen-bond donors (Lipinski definition) is 2. The summed E-state index contributed by atoms with van der Waals surface area (Å²) < 4.78 is 0. The Labute approximate surface area is 116 Å². The summed E-state index contributed by atoms with van der Waals surface area (Å²) in [6, 6.07) is 9.39. The van der Waals surface area contributed by atoms with E-state index in [-0.39, 0.29) is 0 Å². The van der Waals surface area contributed by atoms with Gasteiger partial charge >= 0.3 is 0 Å². The first kappa shape index (κ1) is 12.8. The first-order chi connectivity index (χ1) is 8.66. The van der Waals surface area contributed by atoms with Gasteiger partial charge in [0.25, 0.3) is 0 Å². The van der Waals surface area contributed by atoms with Crippen molar-refractivity contribution in [2.45, 2.75) is 6.92 Å². The van der Waals surface area contributed by atoms with Crippen LogP contribution in [0.4, 0.5) is 11.4 Å². The lowest BCUT2D eigenvalue weighted by Crippen LogP contribution is -2.19. The van der Waals surface area contributed by atoms with Crippen molar-refractivity contribution in [3.8, 4) is 0 Å². The zero-order valence-corrected chi connectivity index (χ0v) is 11.3. The van der Waals surface area contributed by atoms with E-state index < -0.39 is 0 Å². The Kier molecular flexibility index (Phi) is 4.12. The van der Waals surface area contributed by atoms with Crippen molar-refractivity contribution < 1.29 is 0 Å². The maximum absolute atomic E-state index is 6.04. The molecule has 2 N–H and O–H groups in total. The second-order valence-electron chi connectivity index (χ2n) is 3.73. The Morgan fingerprint density at radius 3 is 2.78 bits per heavy atom. The van der Waals surface area contributed by atoms with Gasteiger partial charge in [-0.05, 0) is 49.0 Å². The lowest BCUT2D eigenvalue weighted by molar-refractivity contribution is 1.33. The first-order valence-corrected chi connectivity index (χ1v) is 6.18. The molecular weight excluding hydrogens is 266 g/mol. The Bertz CT molecular complexity index is 557. The van der Waals surface area contributed by atoms with Gasteiger partial charge < -0.3 is 10.6 Å². The van der Waals surface area contributed by atoms with Crippen molar-refractivity contribution in [2.24, 2.45) is 0 Å². The number of hydrogen-bond acceptors (Lipinski definition) is 2. The monoisotopic (exact) mass is 277 g/mol. The van der Waals surface area contributed by atoms with Gasteiger partial charge in [0.15, 0.2) is 5.11 Å². The Hall–Kier alpha value is -1.65. The molecule has 0 saturated heterocycles. The molecule has 0 amide bonds. The maximum atomic E-state index is 6.04. The van der Waals surface area contributed by atoms with Crippen LogP contribution in [0.25, 0.3) is 0 Å². The molecule has 0 spiro atoms. The lowest BCUT2D eigenvalue weighted by Gasteiger charge is -2.12. The number of nitrogens with zero attached hydrogens (tertiary/aromatic N) is 1. The minimum atomic E-state index is 0.508. The summed E-state index contributed by atoms with van der Waals surface area (Å²) in [5.74, 6) is 0. The molecule has 0 atom stereocenters. The number of thiocarbonyl (C=S) groups is 1. The molecule has 18 heavy (non-hydrogen) atoms. The van der Waals surface area contributed by atoms with Crippen LogP contribution in [0.15, 0.2) is 42.7 Å². The number of pyridine rings is 1. The second-order valence-corrected chi connectivity index (χ2v) is 4.55. The van der Waals surface area contributed by atoms with Crippen molar-refractivity contribution in [1.82, 2.24) is 4.98 Å². The van der Waals surface area contributed by atoms with Crippen LogP contribution < -0.4 is 10.6 Å². The Morgan fingerprint density at radius 1 is 1.22 bits per heavy atom. The fourth-order valence-electron chi connectivity index (χ4n) is 1.46. The average Bonchev–Trinajstić information content (AvgIpc) is 2.36. The molecule has 1 heterocycles. The van der Waals surface area contributed by atoms with Crippen molar-refractivity contribution in [2.75, 3.05) is 10.6 Å². The van der Waals surface area contributed by atoms with Crippen LogP contribution in [0.1, 0.15) is 5.56 Å². The largest absolute Gasteiger partial charge is 0.332 e. The second kappa shape index (κ2) is 5.80. The van der Waals surface area contributed by atoms with E-state index in [9.17, 15) is 0 Å². The quantitative estimate of drug-likeness (QED) is 0.818. The van der Waals surface area contributed by atoms with E-state index in [1.807, 2.05) is 37.3 Å². The molecule has 0 aliphatic carbocycles. The fraction of sp³-hybridized carbons (Fsp3) is 0.0769. The van der Waals surface area contributed by atoms with Crippen molar-refractivity contribution in [3.63, 3.8) is 0 Å². The summed E-state index contributed by atoms with van der Waals surface area (Å²) in [5.41, 5.74) is 2.70. The lowest BCUT2D eigenvalue weighted by atomic mass is 10.2. The van der Waals surface area contributed by atoms with Crippen LogP contribution >= 0.6 is 23.8 Å². The molecule has 92 valence electrons. The highest BCUT2D eigenvalue weighted by atomic mass is 35.5. The highest BCUT2D eigenvalue weighted by Crippen LogP contribution is 2.23. The minimum absolute atomic E-state index is 0.508. The van der Waals surface area contributed by atoms with E-state index in [0.717, 1.165) is 16.9 Å². The van der Waals surface area contributed by atoms with Gasteiger partial charge in [-0.2, -0.15) is 0 Å². The number of anilines is 2. The molecule has 1 aromatic heterocycles. The van der Waals surface area contributed by atoms with E-state index in [1.54, 1.807) is 12.4 Å². The topological polar surface area (TPSA) is 37.0 Å². The highest BCUT2D eigenvalue weighted by Gasteiger charge is 2.04. The van der Waals surface area contributed by atoms with Gasteiger partial charge in [-0.1, -0.05) is 17.7 Å². The van der Waals surface area contributed by atoms with E-state index >= 15 is 0 Å². The molecule has 2 aromatic rings. The Morgan fingerprint density at radius 2 is 2.06 bits per heavy atom. The van der Waals surface area contributed by atoms with Gasteiger partial charge in [0.05, 0.1) is 11.9 Å². The van der Waals surface area contributed by atoms with Gasteiger partial charge in [-0.25, -0.2) is 0 Å². The number of aromatic nitrogens is 1. The third-order valence-electron chi connectivity index (χ3n) is 2.44. The third-order valence-corrected chi connectivity index (χ3v) is 3.05. The summed E-state index contributed by atoms with van der Waals surface area (Å²) in [6.07, 6.45) is 3.42. The molecule has 0 aliphatic rings. The van der Waals surface area contributed by atoms with Crippen molar-refractivity contribution in [3.05, 3.63) is 53.3 Å². The fourth-order valence-corrected chi connectivity index (χ4v) is 1.87. The maximum Gasteiger partial charge on any atom is 0.175 e. The van der Waals surface area contributed by atoms with Gasteiger partial charge in [-0.15, -0.1) is 0 Å². The Balaban J connectivity index is 2.06. The molecule has 0 unspecified atom stereocenters. The van der Waals surface area contributed by atoms with Crippen LogP contribution in [0, 0.1) is 6.92 Å². The summed E-state index contributed by atoms with van der Waals surface area (Å²) in [7, 11) is 0. The number of benzene rings is 1. The number of halogens is 1. The minimum Gasteiger partial charge on any atom is -0.332 e. The van der Waals surface area contributed by atoms with E-state index in [2.05, 4.69) is 15.6 Å². The predicted molar refractivity (Wildman–Crippen MR) is 80.3 cm³/mol. The van der Waals surface area contributed by atoms with Crippen molar-refractivity contribution >= 4 is 40.3 Å². The van der Waals surface area contributed by atoms with Crippen molar-refractivity contribution in [1.29, 1.82) is 0 Å². The predicted octanol–water partition coefficient (Wildman–Crippen LogP) is 3.85. The van der Waals surface area contributed by atoms with Crippen LogP contribution in [0.5, 0.6) is 0 Å². The molecule has 5 heteroatoms. The zero-order valence-electron chi connectivity index (χ0n) is 9.77.